The summed E-state index contributed by atoms with van der Waals surface area (Å²) >= 11 is 0. The van der Waals surface area contributed by atoms with Gasteiger partial charge in [0.25, 0.3) is 0 Å². The lowest BCUT2D eigenvalue weighted by atomic mass is 9.75. The molecule has 1 saturated carbocycles. The van der Waals surface area contributed by atoms with Crippen LogP contribution in [0.5, 0.6) is 5.75 Å². The number of rotatable bonds is 4. The fourth-order valence-corrected chi connectivity index (χ4v) is 4.26. The third-order valence-corrected chi connectivity index (χ3v) is 5.96. The van der Waals surface area contributed by atoms with Crippen LogP contribution in [0.1, 0.15) is 32.6 Å². The molecule has 0 atom stereocenters. The molecule has 3 rings (SSSR count). The van der Waals surface area contributed by atoms with Crippen molar-refractivity contribution < 1.29 is 4.74 Å². The molecule has 128 valence electrons. The minimum Gasteiger partial charge on any atom is -0.495 e. The van der Waals surface area contributed by atoms with Crippen molar-refractivity contribution in [3.8, 4) is 5.75 Å². The van der Waals surface area contributed by atoms with Crippen molar-refractivity contribution in [2.75, 3.05) is 44.7 Å². The van der Waals surface area contributed by atoms with Crippen LogP contribution in [0.25, 0.3) is 0 Å². The standard InChI is InChI=1S/C19H31N3O/c1-16-7-9-19(15-20,10-8-16)22-13-11-21(12-14-22)17-5-3-4-6-18(17)23-2/h3-6,16H,7-15,20H2,1-2H3. The highest BCUT2D eigenvalue weighted by Crippen LogP contribution is 2.37. The number of piperazine rings is 1. The van der Waals surface area contributed by atoms with Gasteiger partial charge in [0, 0.05) is 38.3 Å². The molecule has 4 nitrogen and oxygen atoms in total. The molecule has 2 N–H and O–H groups in total. The van der Waals surface area contributed by atoms with Crippen LogP contribution in [0.4, 0.5) is 5.69 Å². The predicted octanol–water partition coefficient (Wildman–Crippen LogP) is 2.72. The van der Waals surface area contributed by atoms with Crippen LogP contribution >= 0.6 is 0 Å². The van der Waals surface area contributed by atoms with Crippen molar-refractivity contribution in [2.24, 2.45) is 11.7 Å². The maximum absolute atomic E-state index is 6.23. The Morgan fingerprint density at radius 1 is 1.13 bits per heavy atom. The summed E-state index contributed by atoms with van der Waals surface area (Å²) in [6, 6.07) is 8.33. The van der Waals surface area contributed by atoms with Crippen LogP contribution in [0.15, 0.2) is 24.3 Å². The smallest absolute Gasteiger partial charge is 0.142 e. The first-order valence-electron chi connectivity index (χ1n) is 9.01. The van der Waals surface area contributed by atoms with Crippen LogP contribution in [0.2, 0.25) is 0 Å². The van der Waals surface area contributed by atoms with Gasteiger partial charge in [-0.25, -0.2) is 0 Å². The largest absolute Gasteiger partial charge is 0.495 e. The van der Waals surface area contributed by atoms with Gasteiger partial charge in [-0.1, -0.05) is 19.1 Å². The van der Waals surface area contributed by atoms with Crippen molar-refractivity contribution in [1.82, 2.24) is 4.90 Å². The average Bonchev–Trinajstić information content (AvgIpc) is 2.63. The Balaban J connectivity index is 1.66. The van der Waals surface area contributed by atoms with E-state index < -0.39 is 0 Å². The van der Waals surface area contributed by atoms with Gasteiger partial charge in [-0.3, -0.25) is 4.90 Å². The molecule has 1 saturated heterocycles. The van der Waals surface area contributed by atoms with Crippen molar-refractivity contribution in [1.29, 1.82) is 0 Å². The Kier molecular flexibility index (Phi) is 5.12. The van der Waals surface area contributed by atoms with Gasteiger partial charge >= 0.3 is 0 Å². The van der Waals surface area contributed by atoms with Gasteiger partial charge in [0.1, 0.15) is 5.75 Å². The Morgan fingerprint density at radius 3 is 2.39 bits per heavy atom. The number of nitrogens with zero attached hydrogens (tertiary/aromatic N) is 2. The minimum absolute atomic E-state index is 0.249. The SMILES string of the molecule is COc1ccccc1N1CCN(C2(CN)CCC(C)CC2)CC1. The summed E-state index contributed by atoms with van der Waals surface area (Å²) in [7, 11) is 1.75. The number of hydrogen-bond acceptors (Lipinski definition) is 4. The molecule has 4 heteroatoms. The fourth-order valence-electron chi connectivity index (χ4n) is 4.26. The van der Waals surface area contributed by atoms with E-state index in [2.05, 4.69) is 28.9 Å². The van der Waals surface area contributed by atoms with Crippen LogP contribution in [0.3, 0.4) is 0 Å². The highest BCUT2D eigenvalue weighted by atomic mass is 16.5. The molecular weight excluding hydrogens is 286 g/mol. The number of anilines is 1. The summed E-state index contributed by atoms with van der Waals surface area (Å²) in [6.45, 7) is 7.48. The first-order valence-corrected chi connectivity index (χ1v) is 9.01. The van der Waals surface area contributed by atoms with Gasteiger partial charge in [-0.2, -0.15) is 0 Å². The van der Waals surface area contributed by atoms with Gasteiger partial charge in [-0.05, 0) is 43.7 Å². The van der Waals surface area contributed by atoms with E-state index in [1.54, 1.807) is 7.11 Å². The number of para-hydroxylation sites is 2. The summed E-state index contributed by atoms with van der Waals surface area (Å²) in [6.07, 6.45) is 5.17. The quantitative estimate of drug-likeness (QED) is 0.927. The Morgan fingerprint density at radius 2 is 1.78 bits per heavy atom. The molecule has 0 amide bonds. The van der Waals surface area contributed by atoms with E-state index in [1.807, 2.05) is 12.1 Å². The zero-order valence-electron chi connectivity index (χ0n) is 14.6. The second kappa shape index (κ2) is 7.10. The van der Waals surface area contributed by atoms with Gasteiger partial charge < -0.3 is 15.4 Å². The second-order valence-electron chi connectivity index (χ2n) is 7.26. The highest BCUT2D eigenvalue weighted by molar-refractivity contribution is 5.58. The summed E-state index contributed by atoms with van der Waals surface area (Å²) in [5.74, 6) is 1.84. The van der Waals surface area contributed by atoms with Crippen molar-refractivity contribution in [3.05, 3.63) is 24.3 Å². The summed E-state index contributed by atoms with van der Waals surface area (Å²) in [4.78, 5) is 5.12. The summed E-state index contributed by atoms with van der Waals surface area (Å²) in [5.41, 5.74) is 7.70. The summed E-state index contributed by atoms with van der Waals surface area (Å²) < 4.78 is 5.52. The fraction of sp³-hybridized carbons (Fsp3) is 0.684. The molecule has 0 radical (unpaired) electrons. The Labute approximate surface area is 140 Å². The third kappa shape index (κ3) is 3.33. The number of ether oxygens (including phenoxy) is 1. The topological polar surface area (TPSA) is 41.7 Å². The molecule has 1 aromatic carbocycles. The van der Waals surface area contributed by atoms with Crippen LogP contribution in [-0.4, -0.2) is 50.3 Å². The molecule has 2 fully saturated rings. The number of hydrogen-bond donors (Lipinski definition) is 1. The van der Waals surface area contributed by atoms with Crippen molar-refractivity contribution >= 4 is 5.69 Å². The van der Waals surface area contributed by atoms with Crippen molar-refractivity contribution in [3.63, 3.8) is 0 Å². The van der Waals surface area contributed by atoms with Crippen LogP contribution in [-0.2, 0) is 0 Å². The molecule has 0 spiro atoms. The number of nitrogens with two attached hydrogens (primary N) is 1. The number of methoxy groups -OCH3 is 1. The van der Waals surface area contributed by atoms with E-state index in [0.29, 0.717) is 0 Å². The molecule has 0 aromatic heterocycles. The molecule has 1 aliphatic carbocycles. The molecule has 1 aromatic rings. The Hall–Kier alpha value is -1.26. The first-order chi connectivity index (χ1) is 11.2. The molecule has 1 heterocycles. The van der Waals surface area contributed by atoms with E-state index in [4.69, 9.17) is 10.5 Å². The van der Waals surface area contributed by atoms with Crippen LogP contribution < -0.4 is 15.4 Å². The van der Waals surface area contributed by atoms with E-state index in [-0.39, 0.29) is 5.54 Å². The van der Waals surface area contributed by atoms with E-state index in [9.17, 15) is 0 Å². The van der Waals surface area contributed by atoms with E-state index in [0.717, 1.165) is 44.4 Å². The zero-order valence-corrected chi connectivity index (χ0v) is 14.6. The maximum atomic E-state index is 6.23. The first kappa shape index (κ1) is 16.6. The second-order valence-corrected chi connectivity index (χ2v) is 7.26. The molecule has 23 heavy (non-hydrogen) atoms. The third-order valence-electron chi connectivity index (χ3n) is 5.96. The maximum Gasteiger partial charge on any atom is 0.142 e. The van der Waals surface area contributed by atoms with Gasteiger partial charge in [-0.15, -0.1) is 0 Å². The lowest BCUT2D eigenvalue weighted by Crippen LogP contribution is -2.61. The van der Waals surface area contributed by atoms with Crippen molar-refractivity contribution in [2.45, 2.75) is 38.1 Å². The van der Waals surface area contributed by atoms with Gasteiger partial charge in [0.2, 0.25) is 0 Å². The van der Waals surface area contributed by atoms with Gasteiger partial charge in [0.05, 0.1) is 12.8 Å². The normalized spacial score (nSPS) is 29.5. The lowest BCUT2D eigenvalue weighted by Gasteiger charge is -2.50. The molecule has 0 bridgehead atoms. The lowest BCUT2D eigenvalue weighted by molar-refractivity contribution is 0.0400. The highest BCUT2D eigenvalue weighted by Gasteiger charge is 2.39. The Bertz CT molecular complexity index is 503. The predicted molar refractivity (Wildman–Crippen MR) is 96.2 cm³/mol. The van der Waals surface area contributed by atoms with E-state index >= 15 is 0 Å². The molecule has 0 unspecified atom stereocenters. The van der Waals surface area contributed by atoms with Crippen LogP contribution in [0, 0.1) is 5.92 Å². The zero-order chi connectivity index (χ0) is 16.3. The average molecular weight is 317 g/mol. The number of benzene rings is 1. The minimum atomic E-state index is 0.249. The van der Waals surface area contributed by atoms with E-state index in [1.165, 1.54) is 31.4 Å². The summed E-state index contributed by atoms with van der Waals surface area (Å²) in [5, 5.41) is 0. The van der Waals surface area contributed by atoms with Gasteiger partial charge in [0.15, 0.2) is 0 Å². The molecule has 2 aliphatic rings. The monoisotopic (exact) mass is 317 g/mol. The molecular formula is C19H31N3O. The molecule has 1 aliphatic heterocycles.